The topological polar surface area (TPSA) is 97.2 Å². The third-order valence-corrected chi connectivity index (χ3v) is 4.19. The first-order valence-electron chi connectivity index (χ1n) is 8.06. The molecule has 1 saturated heterocycles. The van der Waals surface area contributed by atoms with Gasteiger partial charge in [-0.3, -0.25) is 9.67 Å². The van der Waals surface area contributed by atoms with Gasteiger partial charge in [-0.05, 0) is 18.8 Å². The molecule has 0 aliphatic carbocycles. The molecule has 3 N–H and O–H groups in total. The zero-order valence-corrected chi connectivity index (χ0v) is 13.7. The van der Waals surface area contributed by atoms with Gasteiger partial charge in [0.25, 0.3) is 0 Å². The minimum absolute atomic E-state index is 0.614. The average Bonchev–Trinajstić information content (AvgIpc) is 2.93. The lowest BCUT2D eigenvalue weighted by Gasteiger charge is -2.31. The predicted molar refractivity (Wildman–Crippen MR) is 91.3 cm³/mol. The standard InChI is InChI=1S/C15H24N8/c1-11-4-3-7-23(9-11)15(16)18-6-5-17-13-12-8-21-22(2)14(12)20-10-19-13/h8,10-11H,3-7,9H2,1-2H3,(H2,16,18)(H,17,19,20). The van der Waals surface area contributed by atoms with Crippen molar-refractivity contribution >= 4 is 22.8 Å². The molecule has 0 aromatic carbocycles. The molecule has 3 heterocycles. The predicted octanol–water partition coefficient (Wildman–Crippen LogP) is 0.822. The van der Waals surface area contributed by atoms with Crippen LogP contribution in [0.5, 0.6) is 0 Å². The molecule has 8 nitrogen and oxygen atoms in total. The molecule has 3 rings (SSSR count). The summed E-state index contributed by atoms with van der Waals surface area (Å²) in [6.07, 6.45) is 5.78. The number of rotatable bonds is 4. The number of aliphatic imine (C=N–C) groups is 1. The number of nitrogens with zero attached hydrogens (tertiary/aromatic N) is 6. The van der Waals surface area contributed by atoms with Gasteiger partial charge >= 0.3 is 0 Å². The lowest BCUT2D eigenvalue weighted by Crippen LogP contribution is -2.43. The molecule has 1 fully saturated rings. The van der Waals surface area contributed by atoms with Gasteiger partial charge in [0.15, 0.2) is 11.6 Å². The van der Waals surface area contributed by atoms with E-state index in [1.54, 1.807) is 17.2 Å². The zero-order valence-electron chi connectivity index (χ0n) is 13.7. The Balaban J connectivity index is 1.55. The molecule has 0 radical (unpaired) electrons. The molecule has 0 spiro atoms. The van der Waals surface area contributed by atoms with Crippen molar-refractivity contribution in [3.8, 4) is 0 Å². The third kappa shape index (κ3) is 3.52. The first kappa shape index (κ1) is 15.5. The van der Waals surface area contributed by atoms with Crippen LogP contribution in [0.2, 0.25) is 0 Å². The Kier molecular flexibility index (Phi) is 4.59. The number of guanidine groups is 1. The van der Waals surface area contributed by atoms with Crippen molar-refractivity contribution in [2.75, 3.05) is 31.5 Å². The van der Waals surface area contributed by atoms with E-state index in [4.69, 9.17) is 5.73 Å². The smallest absolute Gasteiger partial charge is 0.191 e. The minimum atomic E-state index is 0.614. The van der Waals surface area contributed by atoms with Crippen molar-refractivity contribution in [3.05, 3.63) is 12.5 Å². The summed E-state index contributed by atoms with van der Waals surface area (Å²) in [6, 6.07) is 0. The van der Waals surface area contributed by atoms with E-state index in [-0.39, 0.29) is 0 Å². The van der Waals surface area contributed by atoms with Crippen molar-refractivity contribution in [2.45, 2.75) is 19.8 Å². The van der Waals surface area contributed by atoms with Crippen LogP contribution in [0.3, 0.4) is 0 Å². The lowest BCUT2D eigenvalue weighted by molar-refractivity contribution is 0.270. The summed E-state index contributed by atoms with van der Waals surface area (Å²) in [5.74, 6) is 2.12. The van der Waals surface area contributed by atoms with Crippen LogP contribution in [0, 0.1) is 5.92 Å². The van der Waals surface area contributed by atoms with Gasteiger partial charge in [-0.15, -0.1) is 0 Å². The molecule has 2 aromatic heterocycles. The van der Waals surface area contributed by atoms with Gasteiger partial charge in [-0.1, -0.05) is 6.92 Å². The normalized spacial score (nSPS) is 19.3. The summed E-state index contributed by atoms with van der Waals surface area (Å²) in [6.45, 7) is 5.56. The summed E-state index contributed by atoms with van der Waals surface area (Å²) < 4.78 is 1.73. The average molecular weight is 316 g/mol. The number of fused-ring (bicyclic) bond motifs is 1. The van der Waals surface area contributed by atoms with Gasteiger partial charge in [-0.25, -0.2) is 9.97 Å². The van der Waals surface area contributed by atoms with E-state index in [9.17, 15) is 0 Å². The molecule has 1 aliphatic heterocycles. The van der Waals surface area contributed by atoms with E-state index in [1.807, 2.05) is 7.05 Å². The highest BCUT2D eigenvalue weighted by molar-refractivity contribution is 5.86. The van der Waals surface area contributed by atoms with Crippen molar-refractivity contribution in [1.82, 2.24) is 24.6 Å². The number of piperidine rings is 1. The minimum Gasteiger partial charge on any atom is -0.370 e. The van der Waals surface area contributed by atoms with Gasteiger partial charge in [0, 0.05) is 26.7 Å². The Hall–Kier alpha value is -2.38. The Morgan fingerprint density at radius 1 is 1.48 bits per heavy atom. The quantitative estimate of drug-likeness (QED) is 0.492. The van der Waals surface area contributed by atoms with Crippen LogP contribution >= 0.6 is 0 Å². The number of aryl methyl sites for hydroxylation is 1. The Labute approximate surface area is 135 Å². The molecule has 1 unspecified atom stereocenters. The van der Waals surface area contributed by atoms with Crippen LogP contribution < -0.4 is 11.1 Å². The highest BCUT2D eigenvalue weighted by Gasteiger charge is 2.17. The second-order valence-electron chi connectivity index (χ2n) is 6.09. The maximum atomic E-state index is 6.09. The van der Waals surface area contributed by atoms with Crippen LogP contribution in [0.15, 0.2) is 17.5 Å². The molecule has 0 saturated carbocycles. The fourth-order valence-electron chi connectivity index (χ4n) is 2.95. The van der Waals surface area contributed by atoms with E-state index >= 15 is 0 Å². The number of aromatic nitrogens is 4. The number of likely N-dealkylation sites (tertiary alicyclic amines) is 1. The number of nitrogens with two attached hydrogens (primary N) is 1. The van der Waals surface area contributed by atoms with Gasteiger partial charge in [0.05, 0.1) is 18.1 Å². The molecule has 8 heteroatoms. The fourth-order valence-corrected chi connectivity index (χ4v) is 2.95. The summed E-state index contributed by atoms with van der Waals surface area (Å²) in [5.41, 5.74) is 6.91. The van der Waals surface area contributed by atoms with Gasteiger partial charge in [0.1, 0.15) is 12.1 Å². The van der Waals surface area contributed by atoms with E-state index < -0.39 is 0 Å². The molecule has 1 aliphatic rings. The zero-order chi connectivity index (χ0) is 16.2. The molecule has 0 amide bonds. The summed E-state index contributed by atoms with van der Waals surface area (Å²) in [7, 11) is 1.86. The number of nitrogens with one attached hydrogen (secondary N) is 1. The maximum absolute atomic E-state index is 6.09. The summed E-state index contributed by atoms with van der Waals surface area (Å²) in [4.78, 5) is 15.1. The Morgan fingerprint density at radius 2 is 2.35 bits per heavy atom. The molecular weight excluding hydrogens is 292 g/mol. The summed E-state index contributed by atoms with van der Waals surface area (Å²) in [5, 5.41) is 8.40. The van der Waals surface area contributed by atoms with Gasteiger partial charge in [-0.2, -0.15) is 5.10 Å². The number of hydrogen-bond acceptors (Lipinski definition) is 5. The molecule has 124 valence electrons. The fraction of sp³-hybridized carbons (Fsp3) is 0.600. The van der Waals surface area contributed by atoms with Crippen LogP contribution in [0.4, 0.5) is 5.82 Å². The number of anilines is 1. The summed E-state index contributed by atoms with van der Waals surface area (Å²) >= 11 is 0. The molecule has 0 bridgehead atoms. The van der Waals surface area contributed by atoms with Crippen LogP contribution in [-0.2, 0) is 7.05 Å². The SMILES string of the molecule is CC1CCCN(C(N)=NCCNc2ncnc3c2cnn3C)C1. The second-order valence-corrected chi connectivity index (χ2v) is 6.09. The first-order valence-corrected chi connectivity index (χ1v) is 8.06. The second kappa shape index (κ2) is 6.80. The van der Waals surface area contributed by atoms with Crippen molar-refractivity contribution in [2.24, 2.45) is 23.7 Å². The molecular formula is C15H24N8. The monoisotopic (exact) mass is 316 g/mol. The maximum Gasteiger partial charge on any atom is 0.191 e. The van der Waals surface area contributed by atoms with Crippen LogP contribution in [0.1, 0.15) is 19.8 Å². The van der Waals surface area contributed by atoms with Crippen LogP contribution in [-0.4, -0.2) is 56.8 Å². The molecule has 23 heavy (non-hydrogen) atoms. The lowest BCUT2D eigenvalue weighted by atomic mass is 10.0. The first-order chi connectivity index (χ1) is 11.1. The largest absolute Gasteiger partial charge is 0.370 e. The molecule has 1 atom stereocenters. The highest BCUT2D eigenvalue weighted by Crippen LogP contribution is 2.17. The van der Waals surface area contributed by atoms with Gasteiger partial charge < -0.3 is 16.0 Å². The Morgan fingerprint density at radius 3 is 3.17 bits per heavy atom. The van der Waals surface area contributed by atoms with Crippen molar-refractivity contribution in [3.63, 3.8) is 0 Å². The van der Waals surface area contributed by atoms with Crippen molar-refractivity contribution in [1.29, 1.82) is 0 Å². The van der Waals surface area contributed by atoms with E-state index in [2.05, 4.69) is 37.2 Å². The third-order valence-electron chi connectivity index (χ3n) is 4.19. The molecule has 2 aromatic rings. The van der Waals surface area contributed by atoms with E-state index in [0.717, 1.165) is 29.9 Å². The highest BCUT2D eigenvalue weighted by atomic mass is 15.3. The van der Waals surface area contributed by atoms with E-state index in [0.29, 0.717) is 25.0 Å². The van der Waals surface area contributed by atoms with Crippen molar-refractivity contribution < 1.29 is 0 Å². The van der Waals surface area contributed by atoms with E-state index in [1.165, 1.54) is 12.8 Å². The Bertz CT molecular complexity index is 692. The van der Waals surface area contributed by atoms with Gasteiger partial charge in [0.2, 0.25) is 0 Å². The number of hydrogen-bond donors (Lipinski definition) is 2. The van der Waals surface area contributed by atoms with Crippen LogP contribution in [0.25, 0.3) is 11.0 Å².